The van der Waals surface area contributed by atoms with E-state index in [9.17, 15) is 9.90 Å². The molecule has 2 aromatic heterocycles. The van der Waals surface area contributed by atoms with Gasteiger partial charge in [0.2, 0.25) is 5.89 Å². The van der Waals surface area contributed by atoms with E-state index in [0.29, 0.717) is 33.1 Å². The van der Waals surface area contributed by atoms with Crippen LogP contribution in [0.25, 0.3) is 22.6 Å². The van der Waals surface area contributed by atoms with Gasteiger partial charge in [-0.05, 0) is 30.3 Å². The Kier molecular flexibility index (Phi) is 4.82. The van der Waals surface area contributed by atoms with Gasteiger partial charge in [-0.15, -0.1) is 0 Å². The molecule has 1 amide bonds. The Morgan fingerprint density at radius 3 is 2.89 bits per heavy atom. The minimum absolute atomic E-state index is 0.0233. The van der Waals surface area contributed by atoms with Crippen LogP contribution in [0.15, 0.2) is 65.3 Å². The van der Waals surface area contributed by atoms with E-state index in [2.05, 4.69) is 15.3 Å². The second kappa shape index (κ2) is 7.58. The maximum atomic E-state index is 12.2. The largest absolute Gasteiger partial charge is 0.507 e. The van der Waals surface area contributed by atoms with Crippen LogP contribution < -0.4 is 10.1 Å². The minimum atomic E-state index is -0.377. The SMILES string of the molecule is O=C(COc1ccccc1Cl)Nc1ccc(O)c(-c2nc3cnccc3o2)c1. The summed E-state index contributed by atoms with van der Waals surface area (Å²) < 4.78 is 11.1. The lowest BCUT2D eigenvalue weighted by atomic mass is 10.1. The van der Waals surface area contributed by atoms with Gasteiger partial charge >= 0.3 is 0 Å². The molecule has 4 rings (SSSR count). The Hall–Kier alpha value is -3.58. The van der Waals surface area contributed by atoms with Crippen LogP contribution in [0.2, 0.25) is 5.02 Å². The summed E-state index contributed by atoms with van der Waals surface area (Å²) in [5, 5.41) is 13.3. The number of hydrogen-bond acceptors (Lipinski definition) is 6. The molecule has 0 saturated carbocycles. The van der Waals surface area contributed by atoms with Crippen molar-refractivity contribution in [2.75, 3.05) is 11.9 Å². The number of fused-ring (bicyclic) bond motifs is 1. The van der Waals surface area contributed by atoms with E-state index in [-0.39, 0.29) is 24.2 Å². The zero-order chi connectivity index (χ0) is 19.5. The predicted octanol–water partition coefficient (Wildman–Crippen LogP) is 4.27. The summed E-state index contributed by atoms with van der Waals surface area (Å²) in [6.45, 7) is -0.214. The number of halogens is 1. The summed E-state index contributed by atoms with van der Waals surface area (Å²) >= 11 is 6.00. The first-order valence-corrected chi connectivity index (χ1v) is 8.69. The zero-order valence-electron chi connectivity index (χ0n) is 14.4. The number of benzene rings is 2. The van der Waals surface area contributed by atoms with Crippen LogP contribution in [0.5, 0.6) is 11.5 Å². The summed E-state index contributed by atoms with van der Waals surface area (Å²) in [6, 6.07) is 13.2. The fraction of sp³-hybridized carbons (Fsp3) is 0.0500. The third kappa shape index (κ3) is 3.74. The normalized spacial score (nSPS) is 10.8. The van der Waals surface area contributed by atoms with Gasteiger partial charge in [-0.2, -0.15) is 0 Å². The van der Waals surface area contributed by atoms with Crippen molar-refractivity contribution >= 4 is 34.3 Å². The van der Waals surface area contributed by atoms with Gasteiger partial charge in [-0.3, -0.25) is 9.78 Å². The molecule has 0 fully saturated rings. The number of para-hydroxylation sites is 1. The van der Waals surface area contributed by atoms with Crippen LogP contribution in [-0.2, 0) is 4.79 Å². The maximum absolute atomic E-state index is 12.2. The highest BCUT2D eigenvalue weighted by Crippen LogP contribution is 2.33. The van der Waals surface area contributed by atoms with Crippen LogP contribution in [0, 0.1) is 0 Å². The van der Waals surface area contributed by atoms with E-state index < -0.39 is 0 Å². The Bertz CT molecular complexity index is 1130. The molecular formula is C20H14ClN3O4. The molecule has 2 heterocycles. The highest BCUT2D eigenvalue weighted by atomic mass is 35.5. The molecule has 0 aliphatic heterocycles. The van der Waals surface area contributed by atoms with E-state index in [4.69, 9.17) is 20.8 Å². The molecule has 2 N–H and O–H groups in total. The molecule has 0 unspecified atom stereocenters. The lowest BCUT2D eigenvalue weighted by Gasteiger charge is -2.09. The fourth-order valence-corrected chi connectivity index (χ4v) is 2.77. The lowest BCUT2D eigenvalue weighted by molar-refractivity contribution is -0.118. The topological polar surface area (TPSA) is 97.5 Å². The van der Waals surface area contributed by atoms with Crippen LogP contribution in [-0.4, -0.2) is 27.6 Å². The Morgan fingerprint density at radius 2 is 2.07 bits per heavy atom. The molecule has 0 aliphatic rings. The number of nitrogens with zero attached hydrogens (tertiary/aromatic N) is 2. The first-order valence-electron chi connectivity index (χ1n) is 8.31. The number of aromatic nitrogens is 2. The molecule has 4 aromatic rings. The molecule has 0 spiro atoms. The molecule has 7 nitrogen and oxygen atoms in total. The fourth-order valence-electron chi connectivity index (χ4n) is 2.58. The highest BCUT2D eigenvalue weighted by molar-refractivity contribution is 6.32. The number of phenols is 1. The van der Waals surface area contributed by atoms with Crippen molar-refractivity contribution in [3.8, 4) is 23.0 Å². The Labute approximate surface area is 164 Å². The molecule has 0 aliphatic carbocycles. The van der Waals surface area contributed by atoms with Crippen molar-refractivity contribution in [1.29, 1.82) is 0 Å². The van der Waals surface area contributed by atoms with Gasteiger partial charge in [0.25, 0.3) is 5.91 Å². The number of rotatable bonds is 5. The van der Waals surface area contributed by atoms with E-state index in [1.807, 2.05) is 0 Å². The number of oxazole rings is 1. The number of carbonyl (C=O) groups excluding carboxylic acids is 1. The summed E-state index contributed by atoms with van der Waals surface area (Å²) in [5.41, 5.74) is 1.92. The minimum Gasteiger partial charge on any atom is -0.507 e. The molecule has 0 radical (unpaired) electrons. The molecule has 8 heteroatoms. The monoisotopic (exact) mass is 395 g/mol. The number of carbonyl (C=O) groups is 1. The van der Waals surface area contributed by atoms with Gasteiger partial charge in [0.05, 0.1) is 16.8 Å². The molecular weight excluding hydrogens is 382 g/mol. The number of pyridine rings is 1. The van der Waals surface area contributed by atoms with Crippen LogP contribution in [0.3, 0.4) is 0 Å². The number of amides is 1. The number of ether oxygens (including phenoxy) is 1. The number of nitrogens with one attached hydrogen (secondary N) is 1. The van der Waals surface area contributed by atoms with Crippen molar-refractivity contribution in [1.82, 2.24) is 9.97 Å². The summed E-state index contributed by atoms with van der Waals surface area (Å²) in [4.78, 5) is 20.5. The molecule has 140 valence electrons. The first kappa shape index (κ1) is 17.8. The number of aromatic hydroxyl groups is 1. The van der Waals surface area contributed by atoms with Gasteiger partial charge in [0.1, 0.15) is 17.0 Å². The highest BCUT2D eigenvalue weighted by Gasteiger charge is 2.14. The average Bonchev–Trinajstić information content (AvgIpc) is 3.13. The predicted molar refractivity (Wildman–Crippen MR) is 104 cm³/mol. The van der Waals surface area contributed by atoms with Gasteiger partial charge in [0.15, 0.2) is 12.2 Å². The Morgan fingerprint density at radius 1 is 1.21 bits per heavy atom. The van der Waals surface area contributed by atoms with Gasteiger partial charge < -0.3 is 19.6 Å². The molecule has 28 heavy (non-hydrogen) atoms. The van der Waals surface area contributed by atoms with E-state index in [1.165, 1.54) is 6.07 Å². The molecule has 0 saturated heterocycles. The standard InChI is InChI=1S/C20H14ClN3O4/c21-14-3-1-2-4-17(14)27-11-19(26)23-12-5-6-16(25)13(9-12)20-24-15-10-22-8-7-18(15)28-20/h1-10,25H,11H2,(H,23,26). The average molecular weight is 396 g/mol. The summed E-state index contributed by atoms with van der Waals surface area (Å²) in [6.07, 6.45) is 3.16. The quantitative estimate of drug-likeness (QED) is 0.490. The smallest absolute Gasteiger partial charge is 0.262 e. The number of anilines is 1. The second-order valence-electron chi connectivity index (χ2n) is 5.86. The molecule has 2 aromatic carbocycles. The van der Waals surface area contributed by atoms with Crippen LogP contribution in [0.1, 0.15) is 0 Å². The van der Waals surface area contributed by atoms with Crippen LogP contribution in [0.4, 0.5) is 5.69 Å². The van der Waals surface area contributed by atoms with Crippen molar-refractivity contribution < 1.29 is 19.1 Å². The van der Waals surface area contributed by atoms with Gasteiger partial charge in [0, 0.05) is 18.0 Å². The summed E-state index contributed by atoms with van der Waals surface area (Å²) in [7, 11) is 0. The van der Waals surface area contributed by atoms with Gasteiger partial charge in [-0.25, -0.2) is 4.98 Å². The second-order valence-corrected chi connectivity index (χ2v) is 6.27. The van der Waals surface area contributed by atoms with Crippen molar-refractivity contribution in [3.05, 3.63) is 65.9 Å². The molecule has 0 bridgehead atoms. The van der Waals surface area contributed by atoms with Crippen LogP contribution >= 0.6 is 11.6 Å². The lowest BCUT2D eigenvalue weighted by Crippen LogP contribution is -2.20. The number of hydrogen-bond donors (Lipinski definition) is 2. The van der Waals surface area contributed by atoms with Crippen molar-refractivity contribution in [2.45, 2.75) is 0 Å². The maximum Gasteiger partial charge on any atom is 0.262 e. The van der Waals surface area contributed by atoms with Crippen molar-refractivity contribution in [2.24, 2.45) is 0 Å². The van der Waals surface area contributed by atoms with Crippen molar-refractivity contribution in [3.63, 3.8) is 0 Å². The van der Waals surface area contributed by atoms with E-state index in [1.54, 1.807) is 54.9 Å². The third-order valence-electron chi connectivity index (χ3n) is 3.90. The Balaban J connectivity index is 1.50. The van der Waals surface area contributed by atoms with Gasteiger partial charge in [-0.1, -0.05) is 23.7 Å². The number of phenolic OH excluding ortho intramolecular Hbond substituents is 1. The summed E-state index contributed by atoms with van der Waals surface area (Å²) in [5.74, 6) is 0.248. The first-order chi connectivity index (χ1) is 13.6. The van der Waals surface area contributed by atoms with E-state index in [0.717, 1.165) is 0 Å². The zero-order valence-corrected chi connectivity index (χ0v) is 15.2. The molecule has 0 atom stereocenters. The van der Waals surface area contributed by atoms with E-state index >= 15 is 0 Å². The third-order valence-corrected chi connectivity index (χ3v) is 4.21.